The van der Waals surface area contributed by atoms with E-state index in [1.165, 1.54) is 7.11 Å². The average Bonchev–Trinajstić information content (AvgIpc) is 2.45. The number of esters is 1. The zero-order valence-corrected chi connectivity index (χ0v) is 11.3. The van der Waals surface area contributed by atoms with E-state index in [0.29, 0.717) is 0 Å². The maximum Gasteiger partial charge on any atom is 0.327 e. The van der Waals surface area contributed by atoms with Crippen molar-refractivity contribution in [3.8, 4) is 0 Å². The molecule has 0 aromatic heterocycles. The molecule has 4 heteroatoms. The molecule has 1 aromatic rings. The monoisotopic (exact) mass is 262 g/mol. The summed E-state index contributed by atoms with van der Waals surface area (Å²) in [5.41, 5.74) is 6.93. The van der Waals surface area contributed by atoms with Gasteiger partial charge < -0.3 is 10.5 Å². The fourth-order valence-electron chi connectivity index (χ4n) is 2.68. The SMILES string of the molecule is COC(=O)C(NC1CCCC(N)C1)c1ccccc1. The maximum atomic E-state index is 12.0. The largest absolute Gasteiger partial charge is 0.468 e. The number of benzene rings is 1. The Morgan fingerprint density at radius 1 is 1.37 bits per heavy atom. The Hall–Kier alpha value is -1.39. The molecule has 0 amide bonds. The van der Waals surface area contributed by atoms with Crippen LogP contribution in [0.1, 0.15) is 37.3 Å². The van der Waals surface area contributed by atoms with E-state index in [1.54, 1.807) is 0 Å². The normalized spacial score (nSPS) is 24.7. The third-order valence-corrected chi connectivity index (χ3v) is 3.69. The lowest BCUT2D eigenvalue weighted by atomic mass is 9.90. The van der Waals surface area contributed by atoms with Crippen LogP contribution in [0.2, 0.25) is 0 Å². The van der Waals surface area contributed by atoms with Crippen LogP contribution in [0.4, 0.5) is 0 Å². The molecule has 1 aromatic carbocycles. The molecular formula is C15H22N2O2. The Morgan fingerprint density at radius 3 is 2.74 bits per heavy atom. The number of carbonyl (C=O) groups is 1. The summed E-state index contributed by atoms with van der Waals surface area (Å²) in [5, 5.41) is 3.40. The Morgan fingerprint density at radius 2 is 2.11 bits per heavy atom. The molecule has 0 aliphatic heterocycles. The minimum absolute atomic E-state index is 0.236. The second-order valence-electron chi connectivity index (χ2n) is 5.16. The minimum atomic E-state index is -0.401. The molecule has 0 bridgehead atoms. The number of nitrogens with one attached hydrogen (secondary N) is 1. The highest BCUT2D eigenvalue weighted by Crippen LogP contribution is 2.22. The van der Waals surface area contributed by atoms with Gasteiger partial charge in [0.15, 0.2) is 0 Å². The molecule has 2 rings (SSSR count). The van der Waals surface area contributed by atoms with E-state index < -0.39 is 6.04 Å². The Balaban J connectivity index is 2.08. The number of rotatable bonds is 4. The number of carbonyl (C=O) groups excluding carboxylic acids is 1. The summed E-state index contributed by atoms with van der Waals surface area (Å²) in [6.45, 7) is 0. The fourth-order valence-corrected chi connectivity index (χ4v) is 2.68. The van der Waals surface area contributed by atoms with Crippen molar-refractivity contribution in [2.24, 2.45) is 5.73 Å². The van der Waals surface area contributed by atoms with Crippen molar-refractivity contribution in [1.82, 2.24) is 5.32 Å². The summed E-state index contributed by atoms with van der Waals surface area (Å²) in [5.74, 6) is -0.245. The van der Waals surface area contributed by atoms with Crippen molar-refractivity contribution in [2.45, 2.75) is 43.8 Å². The van der Waals surface area contributed by atoms with Crippen LogP contribution in [0, 0.1) is 0 Å². The summed E-state index contributed by atoms with van der Waals surface area (Å²) in [7, 11) is 1.42. The van der Waals surface area contributed by atoms with E-state index in [2.05, 4.69) is 5.32 Å². The molecule has 3 N–H and O–H groups in total. The van der Waals surface area contributed by atoms with Crippen LogP contribution < -0.4 is 11.1 Å². The lowest BCUT2D eigenvalue weighted by molar-refractivity contribution is -0.143. The summed E-state index contributed by atoms with van der Waals surface area (Å²) in [6, 6.07) is 9.80. The molecule has 104 valence electrons. The third-order valence-electron chi connectivity index (χ3n) is 3.69. The molecule has 0 heterocycles. The van der Waals surface area contributed by atoms with E-state index in [-0.39, 0.29) is 18.1 Å². The molecule has 1 aliphatic carbocycles. The molecule has 0 saturated heterocycles. The van der Waals surface area contributed by atoms with Crippen LogP contribution in [0.25, 0.3) is 0 Å². The van der Waals surface area contributed by atoms with E-state index in [1.807, 2.05) is 30.3 Å². The number of ether oxygens (including phenoxy) is 1. The second-order valence-corrected chi connectivity index (χ2v) is 5.16. The van der Waals surface area contributed by atoms with Gasteiger partial charge in [-0.2, -0.15) is 0 Å². The first kappa shape index (κ1) is 14.0. The number of hydrogen-bond donors (Lipinski definition) is 2. The third kappa shape index (κ3) is 3.78. The average molecular weight is 262 g/mol. The van der Waals surface area contributed by atoms with Crippen LogP contribution in [0.15, 0.2) is 30.3 Å². The molecule has 3 atom stereocenters. The van der Waals surface area contributed by atoms with E-state index in [4.69, 9.17) is 10.5 Å². The first-order valence-electron chi connectivity index (χ1n) is 6.85. The predicted molar refractivity (Wildman–Crippen MR) is 74.6 cm³/mol. The van der Waals surface area contributed by atoms with Gasteiger partial charge in [0, 0.05) is 12.1 Å². The van der Waals surface area contributed by atoms with E-state index in [9.17, 15) is 4.79 Å². The summed E-state index contributed by atoms with van der Waals surface area (Å²) >= 11 is 0. The minimum Gasteiger partial charge on any atom is -0.468 e. The standard InChI is InChI=1S/C15H22N2O2/c1-19-15(18)14(11-6-3-2-4-7-11)17-13-9-5-8-12(16)10-13/h2-4,6-7,12-14,17H,5,8-10,16H2,1H3. The molecule has 1 fully saturated rings. The number of nitrogens with two attached hydrogens (primary N) is 1. The van der Waals surface area contributed by atoms with E-state index in [0.717, 1.165) is 31.2 Å². The molecule has 0 spiro atoms. The van der Waals surface area contributed by atoms with Gasteiger partial charge in [0.2, 0.25) is 0 Å². The van der Waals surface area contributed by atoms with Gasteiger partial charge in [0.25, 0.3) is 0 Å². The van der Waals surface area contributed by atoms with Gasteiger partial charge in [0.1, 0.15) is 6.04 Å². The van der Waals surface area contributed by atoms with Crippen LogP contribution >= 0.6 is 0 Å². The van der Waals surface area contributed by atoms with Crippen molar-refractivity contribution in [1.29, 1.82) is 0 Å². The maximum absolute atomic E-state index is 12.0. The van der Waals surface area contributed by atoms with Gasteiger partial charge in [0.05, 0.1) is 7.11 Å². The zero-order chi connectivity index (χ0) is 13.7. The van der Waals surface area contributed by atoms with Crippen molar-refractivity contribution < 1.29 is 9.53 Å². The van der Waals surface area contributed by atoms with Crippen molar-refractivity contribution in [3.63, 3.8) is 0 Å². The lowest BCUT2D eigenvalue weighted by Crippen LogP contribution is -2.43. The summed E-state index contributed by atoms with van der Waals surface area (Å²) in [4.78, 5) is 12.0. The Labute approximate surface area is 114 Å². The van der Waals surface area contributed by atoms with Crippen molar-refractivity contribution >= 4 is 5.97 Å². The second kappa shape index (κ2) is 6.68. The van der Waals surface area contributed by atoms with Crippen molar-refractivity contribution in [3.05, 3.63) is 35.9 Å². The molecule has 0 radical (unpaired) electrons. The van der Waals surface area contributed by atoms with Crippen LogP contribution in [-0.2, 0) is 9.53 Å². The first-order chi connectivity index (χ1) is 9.20. The molecule has 1 saturated carbocycles. The zero-order valence-electron chi connectivity index (χ0n) is 11.3. The lowest BCUT2D eigenvalue weighted by Gasteiger charge is -2.30. The highest BCUT2D eigenvalue weighted by molar-refractivity contribution is 5.77. The predicted octanol–water partition coefficient (Wildman–Crippen LogP) is 1.76. The number of methoxy groups -OCH3 is 1. The number of hydrogen-bond acceptors (Lipinski definition) is 4. The quantitative estimate of drug-likeness (QED) is 0.812. The fraction of sp³-hybridized carbons (Fsp3) is 0.533. The van der Waals surface area contributed by atoms with E-state index >= 15 is 0 Å². The Bertz CT molecular complexity index is 408. The van der Waals surface area contributed by atoms with Gasteiger partial charge in [-0.3, -0.25) is 5.32 Å². The van der Waals surface area contributed by atoms with Gasteiger partial charge in [-0.1, -0.05) is 36.8 Å². The van der Waals surface area contributed by atoms with Crippen LogP contribution in [0.3, 0.4) is 0 Å². The van der Waals surface area contributed by atoms with Crippen LogP contribution in [0.5, 0.6) is 0 Å². The molecule has 19 heavy (non-hydrogen) atoms. The van der Waals surface area contributed by atoms with Crippen LogP contribution in [-0.4, -0.2) is 25.2 Å². The highest BCUT2D eigenvalue weighted by atomic mass is 16.5. The van der Waals surface area contributed by atoms with Gasteiger partial charge >= 0.3 is 5.97 Å². The molecule has 3 unspecified atom stereocenters. The van der Waals surface area contributed by atoms with Crippen molar-refractivity contribution in [2.75, 3.05) is 7.11 Å². The molecule has 4 nitrogen and oxygen atoms in total. The molecular weight excluding hydrogens is 240 g/mol. The van der Waals surface area contributed by atoms with Gasteiger partial charge in [-0.25, -0.2) is 4.79 Å². The topological polar surface area (TPSA) is 64.3 Å². The van der Waals surface area contributed by atoms with Gasteiger partial charge in [-0.15, -0.1) is 0 Å². The Kier molecular flexibility index (Phi) is 4.93. The molecule has 1 aliphatic rings. The summed E-state index contributed by atoms with van der Waals surface area (Å²) in [6.07, 6.45) is 4.17. The highest BCUT2D eigenvalue weighted by Gasteiger charge is 2.27. The first-order valence-corrected chi connectivity index (χ1v) is 6.85. The smallest absolute Gasteiger partial charge is 0.327 e. The summed E-state index contributed by atoms with van der Waals surface area (Å²) < 4.78 is 4.90. The van der Waals surface area contributed by atoms with Gasteiger partial charge in [-0.05, 0) is 24.8 Å².